The van der Waals surface area contributed by atoms with Crippen molar-refractivity contribution in [3.8, 4) is 5.69 Å². The van der Waals surface area contributed by atoms with E-state index in [-0.39, 0.29) is 11.2 Å². The number of nitrogens with one attached hydrogen (secondary N) is 1. The quantitative estimate of drug-likeness (QED) is 0.336. The highest BCUT2D eigenvalue weighted by Gasteiger charge is 2.16. The van der Waals surface area contributed by atoms with Crippen LogP contribution in [0.2, 0.25) is 4.34 Å². The number of aryl methyl sites for hydroxylation is 1. The molecule has 0 aromatic carbocycles. The van der Waals surface area contributed by atoms with Gasteiger partial charge in [0.1, 0.15) is 4.70 Å². The molecule has 0 fully saturated rings. The Balaban J connectivity index is 0.00000117. The molecule has 0 spiro atoms. The Kier molecular flexibility index (Phi) is 7.23. The largest absolute Gasteiger partial charge is 0.324 e. The summed E-state index contributed by atoms with van der Waals surface area (Å²) in [5.74, 6) is -0.321. The van der Waals surface area contributed by atoms with Gasteiger partial charge in [-0.25, -0.2) is 14.4 Å². The summed E-state index contributed by atoms with van der Waals surface area (Å²) in [5.41, 5.74) is 0.909. The van der Waals surface area contributed by atoms with Gasteiger partial charge in [-0.1, -0.05) is 37.2 Å². The van der Waals surface area contributed by atoms with Crippen molar-refractivity contribution in [1.29, 1.82) is 0 Å². The number of fused-ring (bicyclic) bond motifs is 1. The standard InChI is InChI=1S/C16H10ClFN4O2S3.C2H6/c17-11-2-1-9(27-11)3-4-25-16-21-13-12(26-7-20-13)15(24)22(16)8-5-10(18)14(23)19-6-8;1-2/h1-2,5-7H,3-4H2,(H,19,23);1-2H3. The van der Waals surface area contributed by atoms with Gasteiger partial charge < -0.3 is 4.98 Å². The Morgan fingerprint density at radius 3 is 2.79 bits per heavy atom. The second-order valence-corrected chi connectivity index (χ2v) is 9.10. The molecule has 4 rings (SSSR count). The Hall–Kier alpha value is -2.01. The van der Waals surface area contributed by atoms with Gasteiger partial charge in [0.15, 0.2) is 16.6 Å². The molecule has 0 aliphatic carbocycles. The van der Waals surface area contributed by atoms with Gasteiger partial charge in [0, 0.05) is 22.9 Å². The second kappa shape index (κ2) is 9.66. The molecule has 29 heavy (non-hydrogen) atoms. The van der Waals surface area contributed by atoms with Crippen molar-refractivity contribution in [2.24, 2.45) is 0 Å². The molecule has 152 valence electrons. The first-order valence-corrected chi connectivity index (χ1v) is 11.7. The summed E-state index contributed by atoms with van der Waals surface area (Å²) >= 11 is 9.96. The summed E-state index contributed by atoms with van der Waals surface area (Å²) in [6.45, 7) is 4.00. The summed E-state index contributed by atoms with van der Waals surface area (Å²) < 4.78 is 16.1. The van der Waals surface area contributed by atoms with Gasteiger partial charge in [0.05, 0.1) is 15.5 Å². The maximum atomic E-state index is 13.8. The van der Waals surface area contributed by atoms with Gasteiger partial charge in [-0.2, -0.15) is 0 Å². The summed E-state index contributed by atoms with van der Waals surface area (Å²) in [4.78, 5) is 36.2. The second-order valence-electron chi connectivity index (χ2n) is 5.38. The average Bonchev–Trinajstić information content (AvgIpc) is 3.35. The van der Waals surface area contributed by atoms with Crippen molar-refractivity contribution in [3.05, 3.63) is 65.6 Å². The van der Waals surface area contributed by atoms with Crippen molar-refractivity contribution in [3.63, 3.8) is 0 Å². The third-order valence-electron chi connectivity index (χ3n) is 3.65. The number of H-pyrrole nitrogens is 1. The topological polar surface area (TPSA) is 80.6 Å². The number of hydrogen-bond acceptors (Lipinski definition) is 7. The van der Waals surface area contributed by atoms with E-state index in [0.717, 1.165) is 21.7 Å². The monoisotopic (exact) mass is 470 g/mol. The molecule has 1 N–H and O–H groups in total. The molecule has 0 aliphatic rings. The van der Waals surface area contributed by atoms with E-state index >= 15 is 0 Å². The molecular formula is C18H16ClFN4O2S3. The molecular weight excluding hydrogens is 455 g/mol. The normalized spacial score (nSPS) is 10.8. The molecule has 6 nitrogen and oxygen atoms in total. The lowest BCUT2D eigenvalue weighted by molar-refractivity contribution is 0.605. The first-order valence-electron chi connectivity index (χ1n) is 8.65. The number of thiophene rings is 1. The van der Waals surface area contributed by atoms with E-state index in [1.807, 2.05) is 26.0 Å². The number of aromatic nitrogens is 4. The number of pyridine rings is 1. The summed E-state index contributed by atoms with van der Waals surface area (Å²) in [5, 5.41) is 0.382. The van der Waals surface area contributed by atoms with E-state index in [0.29, 0.717) is 21.3 Å². The van der Waals surface area contributed by atoms with Crippen molar-refractivity contribution in [2.45, 2.75) is 25.4 Å². The smallest absolute Gasteiger partial charge is 0.284 e. The predicted molar refractivity (Wildman–Crippen MR) is 119 cm³/mol. The Bertz CT molecular complexity index is 1250. The maximum Gasteiger partial charge on any atom is 0.284 e. The zero-order valence-corrected chi connectivity index (χ0v) is 18.6. The van der Waals surface area contributed by atoms with E-state index in [1.165, 1.54) is 45.2 Å². The predicted octanol–water partition coefficient (Wildman–Crippen LogP) is 4.75. The van der Waals surface area contributed by atoms with E-state index in [1.54, 1.807) is 5.51 Å². The van der Waals surface area contributed by atoms with E-state index in [4.69, 9.17) is 11.6 Å². The highest BCUT2D eigenvalue weighted by molar-refractivity contribution is 7.99. The fourth-order valence-corrected chi connectivity index (χ4v) is 5.27. The van der Waals surface area contributed by atoms with Crippen LogP contribution in [0.3, 0.4) is 0 Å². The molecule has 4 heterocycles. The number of hydrogen-bond donors (Lipinski definition) is 1. The van der Waals surface area contributed by atoms with Gasteiger partial charge in [-0.15, -0.1) is 22.7 Å². The SMILES string of the molecule is CC.O=c1[nH]cc(-n2c(SCCc3ccc(Cl)s3)nc3ncsc3c2=O)cc1F. The molecule has 0 saturated heterocycles. The molecule has 0 unspecified atom stereocenters. The number of thioether (sulfide) groups is 1. The average molecular weight is 471 g/mol. The van der Waals surface area contributed by atoms with Crippen LogP contribution in [0.1, 0.15) is 18.7 Å². The summed E-state index contributed by atoms with van der Waals surface area (Å²) in [7, 11) is 0. The Morgan fingerprint density at radius 2 is 2.10 bits per heavy atom. The van der Waals surface area contributed by atoms with E-state index in [9.17, 15) is 14.0 Å². The molecule has 4 aromatic rings. The third kappa shape index (κ3) is 4.77. The molecule has 11 heteroatoms. The van der Waals surface area contributed by atoms with E-state index < -0.39 is 11.4 Å². The fraction of sp³-hybridized carbons (Fsp3) is 0.222. The van der Waals surface area contributed by atoms with Crippen LogP contribution in [0.4, 0.5) is 4.39 Å². The van der Waals surface area contributed by atoms with E-state index in [2.05, 4.69) is 15.0 Å². The molecule has 4 aromatic heterocycles. The zero-order chi connectivity index (χ0) is 21.0. The first kappa shape index (κ1) is 21.7. The highest BCUT2D eigenvalue weighted by atomic mass is 35.5. The number of rotatable bonds is 5. The minimum absolute atomic E-state index is 0.210. The van der Waals surface area contributed by atoms with Gasteiger partial charge >= 0.3 is 0 Å². The third-order valence-corrected chi connectivity index (χ3v) is 6.68. The summed E-state index contributed by atoms with van der Waals surface area (Å²) in [6, 6.07) is 4.82. The maximum absolute atomic E-state index is 13.8. The molecule has 0 atom stereocenters. The van der Waals surface area contributed by atoms with Crippen LogP contribution in [0.25, 0.3) is 16.0 Å². The first-order chi connectivity index (χ1) is 14.0. The highest BCUT2D eigenvalue weighted by Crippen LogP contribution is 2.26. The fourth-order valence-electron chi connectivity index (χ4n) is 2.42. The van der Waals surface area contributed by atoms with Gasteiger partial charge in [-0.05, 0) is 18.6 Å². The number of thiazole rings is 1. The van der Waals surface area contributed by atoms with Gasteiger partial charge in [0.25, 0.3) is 11.1 Å². The summed E-state index contributed by atoms with van der Waals surface area (Å²) in [6.07, 6.45) is 2.04. The lowest BCUT2D eigenvalue weighted by atomic mass is 10.4. The molecule has 0 saturated carbocycles. The van der Waals surface area contributed by atoms with Crippen LogP contribution in [-0.2, 0) is 6.42 Å². The number of aromatic amines is 1. The van der Waals surface area contributed by atoms with Gasteiger partial charge in [-0.3, -0.25) is 14.2 Å². The Labute approximate surface area is 182 Å². The minimum Gasteiger partial charge on any atom is -0.324 e. The van der Waals surface area contributed by atoms with Crippen LogP contribution < -0.4 is 11.1 Å². The number of nitrogens with zero attached hydrogens (tertiary/aromatic N) is 3. The molecule has 0 amide bonds. The zero-order valence-electron chi connectivity index (χ0n) is 15.4. The van der Waals surface area contributed by atoms with Crippen LogP contribution >= 0.6 is 46.0 Å². The lowest BCUT2D eigenvalue weighted by Crippen LogP contribution is -2.23. The van der Waals surface area contributed by atoms with Gasteiger partial charge in [0.2, 0.25) is 0 Å². The number of halogens is 2. The Morgan fingerprint density at radius 1 is 1.31 bits per heavy atom. The van der Waals surface area contributed by atoms with Crippen molar-refractivity contribution < 1.29 is 4.39 Å². The molecule has 0 aliphatic heterocycles. The van der Waals surface area contributed by atoms with Crippen molar-refractivity contribution >= 4 is 56.4 Å². The van der Waals surface area contributed by atoms with Crippen LogP contribution in [0, 0.1) is 5.82 Å². The molecule has 0 radical (unpaired) electrons. The lowest BCUT2D eigenvalue weighted by Gasteiger charge is -2.11. The molecule has 0 bridgehead atoms. The van der Waals surface area contributed by atoms with Crippen LogP contribution in [-0.4, -0.2) is 25.3 Å². The van der Waals surface area contributed by atoms with Crippen LogP contribution in [0.5, 0.6) is 0 Å². The minimum atomic E-state index is -0.965. The van der Waals surface area contributed by atoms with Crippen molar-refractivity contribution in [2.75, 3.05) is 5.75 Å². The van der Waals surface area contributed by atoms with Crippen molar-refractivity contribution in [1.82, 2.24) is 19.5 Å². The van der Waals surface area contributed by atoms with Crippen LogP contribution in [0.15, 0.2) is 44.7 Å².